The van der Waals surface area contributed by atoms with Crippen molar-refractivity contribution < 1.29 is 4.74 Å². The van der Waals surface area contributed by atoms with Crippen LogP contribution in [0.4, 0.5) is 0 Å². The molecule has 2 atom stereocenters. The fraction of sp³-hybridized carbons (Fsp3) is 0.476. The molecule has 2 aromatic rings. The van der Waals surface area contributed by atoms with Crippen molar-refractivity contribution in [2.75, 3.05) is 6.61 Å². The van der Waals surface area contributed by atoms with Gasteiger partial charge in [0.25, 0.3) is 0 Å². The fourth-order valence-corrected chi connectivity index (χ4v) is 3.59. The number of pyridine rings is 1. The zero-order chi connectivity index (χ0) is 17.1. The van der Waals surface area contributed by atoms with Gasteiger partial charge in [-0.15, -0.1) is 0 Å². The molecule has 1 heterocycles. The van der Waals surface area contributed by atoms with Crippen LogP contribution in [0, 0.1) is 0 Å². The van der Waals surface area contributed by atoms with Crippen LogP contribution in [0.1, 0.15) is 57.2 Å². The first-order valence-corrected chi connectivity index (χ1v) is 9.14. The maximum atomic E-state index is 13.1. The zero-order valence-electron chi connectivity index (χ0n) is 14.9. The lowest BCUT2D eigenvalue weighted by Gasteiger charge is -2.29. The molecule has 0 N–H and O–H groups in total. The molecule has 3 nitrogen and oxygen atoms in total. The quantitative estimate of drug-likeness (QED) is 0.769. The number of ether oxygens (including phenoxy) is 1. The first-order valence-electron chi connectivity index (χ1n) is 9.14. The van der Waals surface area contributed by atoms with E-state index in [4.69, 9.17) is 4.74 Å². The average molecular weight is 325 g/mol. The fourth-order valence-electron chi connectivity index (χ4n) is 3.59. The SMILES string of the molecule is CCCCn1c2c(c(=O)c3ccccc31)C(C)C(OCCC)C=C2. The van der Waals surface area contributed by atoms with Crippen LogP contribution in [0.25, 0.3) is 17.0 Å². The predicted molar refractivity (Wildman–Crippen MR) is 101 cm³/mol. The van der Waals surface area contributed by atoms with Crippen molar-refractivity contribution in [2.24, 2.45) is 0 Å². The number of rotatable bonds is 6. The van der Waals surface area contributed by atoms with E-state index in [9.17, 15) is 4.79 Å². The van der Waals surface area contributed by atoms with Crippen LogP contribution < -0.4 is 5.43 Å². The first-order chi connectivity index (χ1) is 11.7. The maximum absolute atomic E-state index is 13.1. The predicted octanol–water partition coefficient (Wildman–Crippen LogP) is 4.73. The molecule has 1 aliphatic carbocycles. The molecular weight excluding hydrogens is 298 g/mol. The van der Waals surface area contributed by atoms with Gasteiger partial charge >= 0.3 is 0 Å². The molecule has 1 aromatic heterocycles. The summed E-state index contributed by atoms with van der Waals surface area (Å²) in [6.45, 7) is 8.09. The number of aromatic nitrogens is 1. The van der Waals surface area contributed by atoms with Crippen LogP contribution in [0.15, 0.2) is 35.1 Å². The van der Waals surface area contributed by atoms with E-state index in [1.54, 1.807) is 0 Å². The minimum Gasteiger partial charge on any atom is -0.374 e. The van der Waals surface area contributed by atoms with Gasteiger partial charge in [-0.2, -0.15) is 0 Å². The first kappa shape index (κ1) is 17.0. The number of hydrogen-bond donors (Lipinski definition) is 0. The standard InChI is InChI=1S/C21H27NO2/c1-4-6-13-22-17-10-8-7-9-16(17)21(23)20-15(3)19(24-14-5-2)12-11-18(20)22/h7-12,15,19H,4-6,13-14H2,1-3H3. The van der Waals surface area contributed by atoms with Crippen LogP contribution in [0.3, 0.4) is 0 Å². The van der Waals surface area contributed by atoms with Crippen LogP contribution in [0.5, 0.6) is 0 Å². The van der Waals surface area contributed by atoms with Crippen molar-refractivity contribution in [2.45, 2.75) is 58.6 Å². The van der Waals surface area contributed by atoms with Gasteiger partial charge in [-0.25, -0.2) is 0 Å². The second-order valence-electron chi connectivity index (χ2n) is 6.63. The smallest absolute Gasteiger partial charge is 0.193 e. The third kappa shape index (κ3) is 2.93. The van der Waals surface area contributed by atoms with Gasteiger partial charge in [0.15, 0.2) is 5.43 Å². The second kappa shape index (κ2) is 7.35. The van der Waals surface area contributed by atoms with Crippen LogP contribution >= 0.6 is 0 Å². The Hall–Kier alpha value is -1.87. The number of aryl methyl sites for hydroxylation is 1. The van der Waals surface area contributed by atoms with Gasteiger partial charge in [0.1, 0.15) is 0 Å². The molecule has 128 valence electrons. The topological polar surface area (TPSA) is 31.2 Å². The highest BCUT2D eigenvalue weighted by atomic mass is 16.5. The summed E-state index contributed by atoms with van der Waals surface area (Å²) >= 11 is 0. The van der Waals surface area contributed by atoms with Crippen molar-refractivity contribution in [3.8, 4) is 0 Å². The summed E-state index contributed by atoms with van der Waals surface area (Å²) in [5.74, 6) is 0.0848. The Kier molecular flexibility index (Phi) is 5.20. The van der Waals surface area contributed by atoms with E-state index in [0.29, 0.717) is 0 Å². The Morgan fingerprint density at radius 1 is 1.17 bits per heavy atom. The molecule has 0 fully saturated rings. The molecule has 0 bridgehead atoms. The lowest BCUT2D eigenvalue weighted by atomic mass is 9.87. The summed E-state index contributed by atoms with van der Waals surface area (Å²) in [5, 5.41) is 0.823. The Morgan fingerprint density at radius 2 is 1.96 bits per heavy atom. The van der Waals surface area contributed by atoms with E-state index in [1.807, 2.05) is 18.2 Å². The average Bonchev–Trinajstić information content (AvgIpc) is 2.61. The van der Waals surface area contributed by atoms with Crippen LogP contribution in [-0.2, 0) is 11.3 Å². The normalized spacial score (nSPS) is 19.6. The Balaban J connectivity index is 2.18. The highest BCUT2D eigenvalue weighted by Crippen LogP contribution is 2.31. The van der Waals surface area contributed by atoms with Gasteiger partial charge in [-0.1, -0.05) is 45.4 Å². The molecule has 0 spiro atoms. The van der Waals surface area contributed by atoms with Gasteiger partial charge in [-0.3, -0.25) is 4.79 Å². The molecular formula is C21H27NO2. The lowest BCUT2D eigenvalue weighted by Crippen LogP contribution is -2.30. The van der Waals surface area contributed by atoms with E-state index in [0.717, 1.165) is 54.6 Å². The minimum atomic E-state index is -0.00839. The monoisotopic (exact) mass is 325 g/mol. The van der Waals surface area contributed by atoms with Crippen molar-refractivity contribution in [1.29, 1.82) is 0 Å². The summed E-state index contributed by atoms with van der Waals surface area (Å²) in [4.78, 5) is 13.1. The molecule has 2 unspecified atom stereocenters. The lowest BCUT2D eigenvalue weighted by molar-refractivity contribution is 0.0697. The van der Waals surface area contributed by atoms with E-state index < -0.39 is 0 Å². The molecule has 0 radical (unpaired) electrons. The highest BCUT2D eigenvalue weighted by molar-refractivity contribution is 5.82. The molecule has 0 saturated heterocycles. The van der Waals surface area contributed by atoms with Crippen LogP contribution in [-0.4, -0.2) is 17.3 Å². The summed E-state index contributed by atoms with van der Waals surface area (Å²) in [6.07, 6.45) is 7.44. The van der Waals surface area contributed by atoms with Crippen molar-refractivity contribution in [3.63, 3.8) is 0 Å². The molecule has 3 rings (SSSR count). The van der Waals surface area contributed by atoms with Crippen molar-refractivity contribution in [3.05, 3.63) is 51.8 Å². The Bertz CT molecular complexity index is 803. The molecule has 0 aliphatic heterocycles. The van der Waals surface area contributed by atoms with Gasteiger partial charge in [0.05, 0.1) is 11.6 Å². The third-order valence-electron chi connectivity index (χ3n) is 4.89. The van der Waals surface area contributed by atoms with Crippen molar-refractivity contribution in [1.82, 2.24) is 4.57 Å². The van der Waals surface area contributed by atoms with Gasteiger partial charge in [0, 0.05) is 35.7 Å². The van der Waals surface area contributed by atoms with E-state index in [1.165, 1.54) is 0 Å². The largest absolute Gasteiger partial charge is 0.374 e. The van der Waals surface area contributed by atoms with E-state index in [-0.39, 0.29) is 17.5 Å². The number of nitrogens with zero attached hydrogens (tertiary/aromatic N) is 1. The molecule has 1 aromatic carbocycles. The van der Waals surface area contributed by atoms with Gasteiger partial charge < -0.3 is 9.30 Å². The maximum Gasteiger partial charge on any atom is 0.193 e. The number of fused-ring (bicyclic) bond motifs is 2. The summed E-state index contributed by atoms with van der Waals surface area (Å²) in [5.41, 5.74) is 3.18. The Labute approximate surface area is 144 Å². The molecule has 0 saturated carbocycles. The van der Waals surface area contributed by atoms with Gasteiger partial charge in [0.2, 0.25) is 0 Å². The minimum absolute atomic E-state index is 0.00839. The molecule has 24 heavy (non-hydrogen) atoms. The Morgan fingerprint density at radius 3 is 2.71 bits per heavy atom. The molecule has 0 amide bonds. The number of hydrogen-bond acceptors (Lipinski definition) is 2. The number of unbranched alkanes of at least 4 members (excludes halogenated alkanes) is 1. The molecule has 3 heteroatoms. The van der Waals surface area contributed by atoms with Gasteiger partial charge in [-0.05, 0) is 31.1 Å². The van der Waals surface area contributed by atoms with Crippen LogP contribution in [0.2, 0.25) is 0 Å². The van der Waals surface area contributed by atoms with E-state index >= 15 is 0 Å². The highest BCUT2D eigenvalue weighted by Gasteiger charge is 2.28. The zero-order valence-corrected chi connectivity index (χ0v) is 14.9. The summed E-state index contributed by atoms with van der Waals surface area (Å²) in [6, 6.07) is 7.98. The molecule has 1 aliphatic rings. The number of benzene rings is 1. The third-order valence-corrected chi connectivity index (χ3v) is 4.89. The number of para-hydroxylation sites is 1. The summed E-state index contributed by atoms with van der Waals surface area (Å²) < 4.78 is 8.27. The van der Waals surface area contributed by atoms with Crippen molar-refractivity contribution >= 4 is 17.0 Å². The van der Waals surface area contributed by atoms with E-state index in [2.05, 4.69) is 43.6 Å². The second-order valence-corrected chi connectivity index (χ2v) is 6.63. The summed E-state index contributed by atoms with van der Waals surface area (Å²) in [7, 11) is 0.